The molecule has 23 heavy (non-hydrogen) atoms. The third-order valence-electron chi connectivity index (χ3n) is 3.65. The summed E-state index contributed by atoms with van der Waals surface area (Å²) in [6.07, 6.45) is 0. The molecule has 6 nitrogen and oxygen atoms in total. The zero-order valence-corrected chi connectivity index (χ0v) is 14.7. The molecule has 0 unspecified atom stereocenters. The Labute approximate surface area is 136 Å². The van der Waals surface area contributed by atoms with E-state index in [1.165, 1.54) is 0 Å². The summed E-state index contributed by atoms with van der Waals surface area (Å²) >= 11 is 0. The van der Waals surface area contributed by atoms with Gasteiger partial charge in [0.25, 0.3) is 0 Å². The van der Waals surface area contributed by atoms with Gasteiger partial charge >= 0.3 is 0 Å². The number of likely N-dealkylation sites (N-methyl/N-ethyl adjacent to an activating group) is 1. The molecular weight excluding hydrogens is 294 g/mol. The van der Waals surface area contributed by atoms with E-state index in [9.17, 15) is 9.90 Å². The number of carbonyl (C=O) groups is 1. The van der Waals surface area contributed by atoms with Gasteiger partial charge in [0.1, 0.15) is 5.76 Å². The van der Waals surface area contributed by atoms with Crippen molar-refractivity contribution >= 4 is 5.78 Å². The van der Waals surface area contributed by atoms with Crippen molar-refractivity contribution in [1.29, 1.82) is 0 Å². The van der Waals surface area contributed by atoms with E-state index in [4.69, 9.17) is 4.52 Å². The van der Waals surface area contributed by atoms with E-state index in [1.807, 2.05) is 49.4 Å². The van der Waals surface area contributed by atoms with Crippen LogP contribution in [-0.4, -0.2) is 51.3 Å². The van der Waals surface area contributed by atoms with Gasteiger partial charge in [0, 0.05) is 29.6 Å². The van der Waals surface area contributed by atoms with Gasteiger partial charge in [-0.1, -0.05) is 5.16 Å². The third-order valence-corrected chi connectivity index (χ3v) is 3.65. The van der Waals surface area contributed by atoms with Crippen molar-refractivity contribution in [1.82, 2.24) is 14.6 Å². The van der Waals surface area contributed by atoms with Gasteiger partial charge in [-0.25, -0.2) is 0 Å². The second-order valence-corrected chi connectivity index (χ2v) is 6.82. The molecule has 0 bridgehead atoms. The van der Waals surface area contributed by atoms with Crippen molar-refractivity contribution in [2.75, 3.05) is 20.1 Å². The van der Waals surface area contributed by atoms with Gasteiger partial charge in [-0.2, -0.15) is 0 Å². The lowest BCUT2D eigenvalue weighted by Crippen LogP contribution is -2.38. The predicted octanol–water partition coefficient (Wildman–Crippen LogP) is 2.28. The molecular formula is C17H25N3O3. The lowest BCUT2D eigenvalue weighted by molar-refractivity contribution is 0.0439. The maximum absolute atomic E-state index is 12.6. The number of ketones is 1. The van der Waals surface area contributed by atoms with Crippen molar-refractivity contribution in [3.05, 3.63) is 34.8 Å². The molecule has 0 saturated heterocycles. The number of rotatable bonds is 6. The summed E-state index contributed by atoms with van der Waals surface area (Å²) in [6, 6.07) is 3.72. The van der Waals surface area contributed by atoms with E-state index in [2.05, 4.69) is 5.16 Å². The van der Waals surface area contributed by atoms with Crippen LogP contribution in [-0.2, 0) is 0 Å². The van der Waals surface area contributed by atoms with Gasteiger partial charge in [0.05, 0.1) is 12.1 Å². The molecule has 0 aliphatic heterocycles. The van der Waals surface area contributed by atoms with E-state index in [-0.39, 0.29) is 12.3 Å². The summed E-state index contributed by atoms with van der Waals surface area (Å²) in [5.74, 6) is 1.43. The van der Waals surface area contributed by atoms with Gasteiger partial charge in [-0.3, -0.25) is 14.3 Å². The highest BCUT2D eigenvalue weighted by atomic mass is 16.5. The van der Waals surface area contributed by atoms with Crippen LogP contribution in [0.3, 0.4) is 0 Å². The second-order valence-electron chi connectivity index (χ2n) is 6.82. The second kappa shape index (κ2) is 6.29. The van der Waals surface area contributed by atoms with Crippen LogP contribution in [0.25, 0.3) is 5.82 Å². The molecule has 126 valence electrons. The Morgan fingerprint density at radius 2 is 2.00 bits per heavy atom. The SMILES string of the molecule is Cc1cc(-n2c(C)cc(C(=O)CN(C)CC(C)(C)O)c2C)no1. The van der Waals surface area contributed by atoms with Gasteiger partial charge in [-0.05, 0) is 47.7 Å². The summed E-state index contributed by atoms with van der Waals surface area (Å²) < 4.78 is 7.04. The summed E-state index contributed by atoms with van der Waals surface area (Å²) in [5.41, 5.74) is 1.62. The first kappa shape index (κ1) is 17.4. The number of aromatic nitrogens is 2. The van der Waals surface area contributed by atoms with E-state index < -0.39 is 5.60 Å². The van der Waals surface area contributed by atoms with E-state index in [0.717, 1.165) is 17.1 Å². The first-order valence-corrected chi connectivity index (χ1v) is 7.65. The van der Waals surface area contributed by atoms with Gasteiger partial charge in [0.15, 0.2) is 11.6 Å². The molecule has 0 fully saturated rings. The minimum atomic E-state index is -0.829. The number of Topliss-reactive ketones (excluding diaryl/α,β-unsaturated/α-hetero) is 1. The van der Waals surface area contributed by atoms with Crippen molar-refractivity contribution in [2.24, 2.45) is 0 Å². The fourth-order valence-corrected chi connectivity index (χ4v) is 2.90. The van der Waals surface area contributed by atoms with E-state index in [0.29, 0.717) is 17.9 Å². The van der Waals surface area contributed by atoms with Crippen molar-refractivity contribution in [2.45, 2.75) is 40.2 Å². The average Bonchev–Trinajstić information content (AvgIpc) is 2.91. The van der Waals surface area contributed by atoms with Crippen LogP contribution in [0, 0.1) is 20.8 Å². The fourth-order valence-electron chi connectivity index (χ4n) is 2.90. The molecule has 0 aliphatic rings. The van der Waals surface area contributed by atoms with E-state index >= 15 is 0 Å². The van der Waals surface area contributed by atoms with Crippen LogP contribution in [0.2, 0.25) is 0 Å². The molecule has 6 heteroatoms. The van der Waals surface area contributed by atoms with Crippen LogP contribution in [0.5, 0.6) is 0 Å². The first-order valence-electron chi connectivity index (χ1n) is 7.65. The minimum absolute atomic E-state index is 0.0244. The topological polar surface area (TPSA) is 71.5 Å². The zero-order chi connectivity index (χ0) is 17.4. The van der Waals surface area contributed by atoms with Crippen LogP contribution < -0.4 is 0 Å². The Morgan fingerprint density at radius 1 is 1.35 bits per heavy atom. The third kappa shape index (κ3) is 4.09. The highest BCUT2D eigenvalue weighted by molar-refractivity contribution is 5.99. The number of carbonyl (C=O) groups excluding carboxylic acids is 1. The van der Waals surface area contributed by atoms with Crippen molar-refractivity contribution in [3.8, 4) is 5.82 Å². The zero-order valence-electron chi connectivity index (χ0n) is 14.7. The molecule has 0 aromatic carbocycles. The summed E-state index contributed by atoms with van der Waals surface area (Å²) in [7, 11) is 1.83. The number of hydrogen-bond acceptors (Lipinski definition) is 5. The predicted molar refractivity (Wildman–Crippen MR) is 88.2 cm³/mol. The molecule has 0 spiro atoms. The standard InChI is InChI=1S/C17H25N3O3/c1-11-7-14(15(21)9-19(6)10-17(4,5)22)13(3)20(11)16-8-12(2)23-18-16/h7-8,22H,9-10H2,1-6H3. The molecule has 0 radical (unpaired) electrons. The highest BCUT2D eigenvalue weighted by Crippen LogP contribution is 2.21. The maximum Gasteiger partial charge on any atom is 0.180 e. The largest absolute Gasteiger partial charge is 0.389 e. The Bertz CT molecular complexity index is 707. The molecule has 0 amide bonds. The van der Waals surface area contributed by atoms with Crippen molar-refractivity contribution < 1.29 is 14.4 Å². The molecule has 2 aromatic heterocycles. The number of nitrogens with zero attached hydrogens (tertiary/aromatic N) is 3. The molecule has 0 atom stereocenters. The van der Waals surface area contributed by atoms with Crippen LogP contribution >= 0.6 is 0 Å². The van der Waals surface area contributed by atoms with Crippen molar-refractivity contribution in [3.63, 3.8) is 0 Å². The molecule has 2 rings (SSSR count). The van der Waals surface area contributed by atoms with E-state index in [1.54, 1.807) is 13.8 Å². The fraction of sp³-hybridized carbons (Fsp3) is 0.529. The average molecular weight is 319 g/mol. The maximum atomic E-state index is 12.6. The number of aryl methyl sites for hydroxylation is 2. The number of aliphatic hydroxyl groups is 1. The lowest BCUT2D eigenvalue weighted by Gasteiger charge is -2.24. The molecule has 1 N–H and O–H groups in total. The smallest absolute Gasteiger partial charge is 0.180 e. The van der Waals surface area contributed by atoms with Gasteiger partial charge < -0.3 is 9.63 Å². The Hall–Kier alpha value is -1.92. The molecule has 2 heterocycles. The Balaban J connectivity index is 2.22. The highest BCUT2D eigenvalue weighted by Gasteiger charge is 2.22. The van der Waals surface area contributed by atoms with Crippen LogP contribution in [0.4, 0.5) is 0 Å². The van der Waals surface area contributed by atoms with Gasteiger partial charge in [0.2, 0.25) is 0 Å². The summed E-state index contributed by atoms with van der Waals surface area (Å²) in [6.45, 7) is 9.82. The van der Waals surface area contributed by atoms with Crippen LogP contribution in [0.1, 0.15) is 41.4 Å². The minimum Gasteiger partial charge on any atom is -0.389 e. The Morgan fingerprint density at radius 3 is 2.52 bits per heavy atom. The number of hydrogen-bond donors (Lipinski definition) is 1. The summed E-state index contributed by atoms with van der Waals surface area (Å²) in [5, 5.41) is 13.9. The molecule has 0 saturated carbocycles. The molecule has 0 aliphatic carbocycles. The monoisotopic (exact) mass is 319 g/mol. The van der Waals surface area contributed by atoms with Crippen LogP contribution in [0.15, 0.2) is 16.7 Å². The first-order chi connectivity index (χ1) is 10.6. The normalized spacial score (nSPS) is 12.2. The lowest BCUT2D eigenvalue weighted by atomic mass is 10.1. The summed E-state index contributed by atoms with van der Waals surface area (Å²) in [4.78, 5) is 14.4. The quantitative estimate of drug-likeness (QED) is 0.827. The molecule has 2 aromatic rings. The van der Waals surface area contributed by atoms with Gasteiger partial charge in [-0.15, -0.1) is 0 Å². The Kier molecular flexibility index (Phi) is 4.77.